The number of rotatable bonds is 8. The standard InChI is InChI=1S/C13H21NO3/c1-4-14-7-8-17-10-11-9-12(15-2)5-6-13(11)16-3/h5-6,9,14H,4,7-8,10H2,1-3H3. The predicted octanol–water partition coefficient (Wildman–Crippen LogP) is 1.83. The first-order valence-electron chi connectivity index (χ1n) is 5.81. The van der Waals surface area contributed by atoms with E-state index in [1.807, 2.05) is 18.2 Å². The van der Waals surface area contributed by atoms with Crippen LogP contribution in [0.15, 0.2) is 18.2 Å². The van der Waals surface area contributed by atoms with Gasteiger partial charge in [-0.05, 0) is 24.7 Å². The maximum atomic E-state index is 5.57. The first-order valence-corrected chi connectivity index (χ1v) is 5.81. The van der Waals surface area contributed by atoms with Crippen LogP contribution in [-0.4, -0.2) is 33.9 Å². The Balaban J connectivity index is 2.49. The Morgan fingerprint density at radius 2 is 2.00 bits per heavy atom. The molecule has 1 aromatic rings. The van der Waals surface area contributed by atoms with E-state index < -0.39 is 0 Å². The maximum absolute atomic E-state index is 5.57. The summed E-state index contributed by atoms with van der Waals surface area (Å²) in [5.74, 6) is 1.64. The van der Waals surface area contributed by atoms with Crippen LogP contribution < -0.4 is 14.8 Å². The maximum Gasteiger partial charge on any atom is 0.124 e. The van der Waals surface area contributed by atoms with Gasteiger partial charge in [-0.25, -0.2) is 0 Å². The number of hydrogen-bond acceptors (Lipinski definition) is 4. The molecule has 0 heterocycles. The second-order valence-electron chi connectivity index (χ2n) is 3.58. The molecule has 0 radical (unpaired) electrons. The molecule has 0 aliphatic heterocycles. The summed E-state index contributed by atoms with van der Waals surface area (Å²) in [6.45, 7) is 5.12. The summed E-state index contributed by atoms with van der Waals surface area (Å²) in [5, 5.41) is 3.20. The van der Waals surface area contributed by atoms with Crippen LogP contribution in [-0.2, 0) is 11.3 Å². The molecule has 0 fully saturated rings. The molecule has 96 valence electrons. The fourth-order valence-electron chi connectivity index (χ4n) is 1.50. The van der Waals surface area contributed by atoms with Crippen LogP contribution in [0, 0.1) is 0 Å². The highest BCUT2D eigenvalue weighted by Crippen LogP contribution is 2.24. The van der Waals surface area contributed by atoms with Crippen LogP contribution in [0.2, 0.25) is 0 Å². The second-order valence-corrected chi connectivity index (χ2v) is 3.58. The summed E-state index contributed by atoms with van der Waals surface area (Å²) in [6.07, 6.45) is 0. The number of methoxy groups -OCH3 is 2. The van der Waals surface area contributed by atoms with Crippen molar-refractivity contribution in [1.29, 1.82) is 0 Å². The van der Waals surface area contributed by atoms with Gasteiger partial charge in [0.25, 0.3) is 0 Å². The Kier molecular flexibility index (Phi) is 6.43. The van der Waals surface area contributed by atoms with Crippen LogP contribution in [0.25, 0.3) is 0 Å². The van der Waals surface area contributed by atoms with E-state index in [1.165, 1.54) is 0 Å². The Morgan fingerprint density at radius 1 is 1.18 bits per heavy atom. The van der Waals surface area contributed by atoms with Crippen molar-refractivity contribution in [3.05, 3.63) is 23.8 Å². The Morgan fingerprint density at radius 3 is 2.65 bits per heavy atom. The molecule has 0 atom stereocenters. The zero-order valence-corrected chi connectivity index (χ0v) is 10.8. The molecule has 1 N–H and O–H groups in total. The summed E-state index contributed by atoms with van der Waals surface area (Å²) in [4.78, 5) is 0. The van der Waals surface area contributed by atoms with Crippen LogP contribution in [0.4, 0.5) is 0 Å². The van der Waals surface area contributed by atoms with Gasteiger partial charge in [0, 0.05) is 12.1 Å². The Hall–Kier alpha value is -1.26. The molecule has 1 aromatic carbocycles. The van der Waals surface area contributed by atoms with E-state index in [-0.39, 0.29) is 0 Å². The molecule has 4 nitrogen and oxygen atoms in total. The van der Waals surface area contributed by atoms with Crippen LogP contribution in [0.1, 0.15) is 12.5 Å². The first-order chi connectivity index (χ1) is 8.31. The largest absolute Gasteiger partial charge is 0.497 e. The summed E-state index contributed by atoms with van der Waals surface area (Å²) < 4.78 is 16.0. The minimum atomic E-state index is 0.533. The van der Waals surface area contributed by atoms with Gasteiger partial charge in [0.15, 0.2) is 0 Å². The number of benzene rings is 1. The van der Waals surface area contributed by atoms with E-state index in [4.69, 9.17) is 14.2 Å². The van der Waals surface area contributed by atoms with Gasteiger partial charge in [0.1, 0.15) is 11.5 Å². The summed E-state index contributed by atoms with van der Waals surface area (Å²) in [6, 6.07) is 5.70. The third-order valence-electron chi connectivity index (χ3n) is 2.42. The zero-order valence-electron chi connectivity index (χ0n) is 10.8. The van der Waals surface area contributed by atoms with Gasteiger partial charge >= 0.3 is 0 Å². The number of hydrogen-bond donors (Lipinski definition) is 1. The summed E-state index contributed by atoms with van der Waals surface area (Å²) >= 11 is 0. The number of nitrogens with one attached hydrogen (secondary N) is 1. The lowest BCUT2D eigenvalue weighted by atomic mass is 10.2. The molecule has 17 heavy (non-hydrogen) atoms. The lowest BCUT2D eigenvalue weighted by Crippen LogP contribution is -2.18. The molecule has 0 aliphatic carbocycles. The third-order valence-corrected chi connectivity index (χ3v) is 2.42. The van der Waals surface area contributed by atoms with Crippen molar-refractivity contribution in [3.63, 3.8) is 0 Å². The molecule has 4 heteroatoms. The third kappa shape index (κ3) is 4.63. The van der Waals surface area contributed by atoms with Gasteiger partial charge in [-0.15, -0.1) is 0 Å². The Labute approximate surface area is 103 Å². The minimum absolute atomic E-state index is 0.533. The fraction of sp³-hybridized carbons (Fsp3) is 0.538. The average Bonchev–Trinajstić information content (AvgIpc) is 2.38. The lowest BCUT2D eigenvalue weighted by Gasteiger charge is -2.11. The zero-order chi connectivity index (χ0) is 12.5. The molecule has 0 saturated heterocycles. The highest BCUT2D eigenvalue weighted by atomic mass is 16.5. The molecule has 0 aliphatic rings. The highest BCUT2D eigenvalue weighted by Gasteiger charge is 2.04. The highest BCUT2D eigenvalue weighted by molar-refractivity contribution is 5.39. The molecule has 1 rings (SSSR count). The number of ether oxygens (including phenoxy) is 3. The molecule has 0 saturated carbocycles. The molecule has 0 unspecified atom stereocenters. The van der Waals surface area contributed by atoms with E-state index in [9.17, 15) is 0 Å². The van der Waals surface area contributed by atoms with Crippen LogP contribution in [0.5, 0.6) is 11.5 Å². The SMILES string of the molecule is CCNCCOCc1cc(OC)ccc1OC. The van der Waals surface area contributed by atoms with Gasteiger partial charge in [-0.1, -0.05) is 6.92 Å². The van der Waals surface area contributed by atoms with Gasteiger partial charge in [0.05, 0.1) is 27.4 Å². The fourth-order valence-corrected chi connectivity index (χ4v) is 1.50. The molecule has 0 bridgehead atoms. The topological polar surface area (TPSA) is 39.7 Å². The van der Waals surface area contributed by atoms with Crippen molar-refractivity contribution < 1.29 is 14.2 Å². The smallest absolute Gasteiger partial charge is 0.124 e. The van der Waals surface area contributed by atoms with Crippen molar-refractivity contribution in [3.8, 4) is 11.5 Å². The van der Waals surface area contributed by atoms with E-state index in [0.717, 1.165) is 30.2 Å². The first kappa shape index (κ1) is 13.8. The van der Waals surface area contributed by atoms with Gasteiger partial charge in [0.2, 0.25) is 0 Å². The Bertz CT molecular complexity index is 328. The average molecular weight is 239 g/mol. The summed E-state index contributed by atoms with van der Waals surface area (Å²) in [7, 11) is 3.31. The second kappa shape index (κ2) is 7.92. The summed E-state index contributed by atoms with van der Waals surface area (Å²) in [5.41, 5.74) is 1.00. The van der Waals surface area contributed by atoms with Crippen molar-refractivity contribution in [2.75, 3.05) is 33.9 Å². The quantitative estimate of drug-likeness (QED) is 0.703. The lowest BCUT2D eigenvalue weighted by molar-refractivity contribution is 0.121. The van der Waals surface area contributed by atoms with E-state index in [0.29, 0.717) is 13.2 Å². The molecule has 0 amide bonds. The van der Waals surface area contributed by atoms with Crippen molar-refractivity contribution in [2.24, 2.45) is 0 Å². The number of likely N-dealkylation sites (N-methyl/N-ethyl adjacent to an activating group) is 1. The van der Waals surface area contributed by atoms with Gasteiger partial charge in [-0.2, -0.15) is 0 Å². The molecule has 0 spiro atoms. The minimum Gasteiger partial charge on any atom is -0.497 e. The molecule has 0 aromatic heterocycles. The normalized spacial score (nSPS) is 10.3. The van der Waals surface area contributed by atoms with E-state index in [1.54, 1.807) is 14.2 Å². The predicted molar refractivity (Wildman–Crippen MR) is 67.7 cm³/mol. The van der Waals surface area contributed by atoms with Crippen molar-refractivity contribution in [2.45, 2.75) is 13.5 Å². The van der Waals surface area contributed by atoms with Crippen molar-refractivity contribution >= 4 is 0 Å². The van der Waals surface area contributed by atoms with Crippen LogP contribution >= 0.6 is 0 Å². The monoisotopic (exact) mass is 239 g/mol. The van der Waals surface area contributed by atoms with Crippen molar-refractivity contribution in [1.82, 2.24) is 5.32 Å². The molecular weight excluding hydrogens is 218 g/mol. The molecular formula is C13H21NO3. The van der Waals surface area contributed by atoms with E-state index >= 15 is 0 Å². The van der Waals surface area contributed by atoms with Gasteiger partial charge < -0.3 is 19.5 Å². The van der Waals surface area contributed by atoms with E-state index in [2.05, 4.69) is 12.2 Å². The van der Waals surface area contributed by atoms with Crippen LogP contribution in [0.3, 0.4) is 0 Å². The van der Waals surface area contributed by atoms with Gasteiger partial charge in [-0.3, -0.25) is 0 Å².